The Hall–Kier alpha value is -3.60. The standard InChI is InChI=1S/C28H28N6S/c29-20-24(27-31-26(21-35-27)22-10-3-1-4-11-22)25-14-15-30-28(32-25)34(23-12-5-2-6-13-23)19-9-18-33-16-7-8-17-33/h1-6,10-15,21,31H,7-9,16-19H2. The monoisotopic (exact) mass is 480 g/mol. The van der Waals surface area contributed by atoms with Crippen molar-refractivity contribution in [1.29, 1.82) is 5.26 Å². The minimum atomic E-state index is 0.519. The number of thioether (sulfide) groups is 1. The summed E-state index contributed by atoms with van der Waals surface area (Å²) in [5, 5.41) is 16.3. The Balaban J connectivity index is 1.39. The Bertz CT molecular complexity index is 1240. The van der Waals surface area contributed by atoms with Crippen LogP contribution in [0, 0.1) is 11.3 Å². The predicted octanol–water partition coefficient (Wildman–Crippen LogP) is 5.63. The number of nitrogens with zero attached hydrogens (tertiary/aromatic N) is 5. The summed E-state index contributed by atoms with van der Waals surface area (Å²) < 4.78 is 0. The molecule has 1 saturated heterocycles. The lowest BCUT2D eigenvalue weighted by Gasteiger charge is -2.24. The Morgan fingerprint density at radius 3 is 2.51 bits per heavy atom. The number of rotatable bonds is 8. The van der Waals surface area contributed by atoms with Crippen molar-refractivity contribution in [3.05, 3.63) is 94.6 Å². The minimum absolute atomic E-state index is 0.519. The Labute approximate surface area is 211 Å². The van der Waals surface area contributed by atoms with Gasteiger partial charge in [0.15, 0.2) is 0 Å². The minimum Gasteiger partial charge on any atom is -0.348 e. The Kier molecular flexibility index (Phi) is 7.42. The first-order valence-electron chi connectivity index (χ1n) is 12.0. The number of aromatic nitrogens is 2. The zero-order valence-corrected chi connectivity index (χ0v) is 20.4. The van der Waals surface area contributed by atoms with Crippen LogP contribution in [0.5, 0.6) is 0 Å². The molecule has 176 valence electrons. The molecule has 3 heterocycles. The van der Waals surface area contributed by atoms with E-state index in [2.05, 4.69) is 50.4 Å². The molecule has 0 radical (unpaired) electrons. The highest BCUT2D eigenvalue weighted by atomic mass is 32.2. The number of para-hydroxylation sites is 1. The number of nitrogens with one attached hydrogen (secondary N) is 1. The van der Waals surface area contributed by atoms with Crippen LogP contribution in [-0.4, -0.2) is 41.0 Å². The van der Waals surface area contributed by atoms with Crippen LogP contribution in [0.15, 0.2) is 83.4 Å². The van der Waals surface area contributed by atoms with E-state index in [9.17, 15) is 5.26 Å². The molecule has 0 amide bonds. The molecule has 2 aliphatic heterocycles. The molecule has 0 atom stereocenters. The molecule has 0 unspecified atom stereocenters. The van der Waals surface area contributed by atoms with E-state index in [4.69, 9.17) is 4.98 Å². The third-order valence-electron chi connectivity index (χ3n) is 6.23. The first kappa shape index (κ1) is 23.2. The van der Waals surface area contributed by atoms with Crippen molar-refractivity contribution in [1.82, 2.24) is 20.2 Å². The van der Waals surface area contributed by atoms with Crippen LogP contribution in [-0.2, 0) is 0 Å². The van der Waals surface area contributed by atoms with Crippen molar-refractivity contribution in [2.45, 2.75) is 19.3 Å². The summed E-state index contributed by atoms with van der Waals surface area (Å²) in [5.74, 6) is 0.614. The van der Waals surface area contributed by atoms with Gasteiger partial charge in [-0.2, -0.15) is 5.26 Å². The maximum absolute atomic E-state index is 10.0. The molecule has 1 aromatic heterocycles. The van der Waals surface area contributed by atoms with Crippen LogP contribution >= 0.6 is 11.8 Å². The van der Waals surface area contributed by atoms with Gasteiger partial charge in [-0.1, -0.05) is 60.3 Å². The van der Waals surface area contributed by atoms with Crippen LogP contribution in [0.2, 0.25) is 0 Å². The molecule has 1 fully saturated rings. The van der Waals surface area contributed by atoms with Gasteiger partial charge < -0.3 is 15.1 Å². The summed E-state index contributed by atoms with van der Waals surface area (Å²) >= 11 is 1.52. The lowest BCUT2D eigenvalue weighted by Crippen LogP contribution is -2.27. The van der Waals surface area contributed by atoms with Gasteiger partial charge in [0.05, 0.1) is 16.4 Å². The SMILES string of the molecule is N#CC(=C1NC(c2ccccc2)=CS1)c1ccnc(N(CCCN2CCCC2)c2ccccc2)n1. The third kappa shape index (κ3) is 5.56. The van der Waals surface area contributed by atoms with Gasteiger partial charge in [0.25, 0.3) is 0 Å². The van der Waals surface area contributed by atoms with Crippen molar-refractivity contribution in [3.8, 4) is 6.07 Å². The highest BCUT2D eigenvalue weighted by Gasteiger charge is 2.20. The van der Waals surface area contributed by atoms with Gasteiger partial charge in [-0.25, -0.2) is 9.97 Å². The van der Waals surface area contributed by atoms with Crippen LogP contribution in [0.1, 0.15) is 30.5 Å². The fourth-order valence-corrected chi connectivity index (χ4v) is 5.30. The second kappa shape index (κ2) is 11.2. The molecule has 1 N–H and O–H groups in total. The fourth-order valence-electron chi connectivity index (χ4n) is 4.43. The zero-order valence-electron chi connectivity index (χ0n) is 19.6. The number of hydrogen-bond donors (Lipinski definition) is 1. The fraction of sp³-hybridized carbons (Fsp3) is 0.250. The summed E-state index contributed by atoms with van der Waals surface area (Å²) in [7, 11) is 0. The maximum Gasteiger partial charge on any atom is 0.230 e. The predicted molar refractivity (Wildman–Crippen MR) is 143 cm³/mol. The lowest BCUT2D eigenvalue weighted by atomic mass is 10.1. The first-order valence-corrected chi connectivity index (χ1v) is 12.9. The van der Waals surface area contributed by atoms with E-state index < -0.39 is 0 Å². The molecule has 0 bridgehead atoms. The van der Waals surface area contributed by atoms with Crippen molar-refractivity contribution in [3.63, 3.8) is 0 Å². The Morgan fingerprint density at radius 2 is 1.77 bits per heavy atom. The van der Waals surface area contributed by atoms with E-state index in [1.54, 1.807) is 6.20 Å². The quantitative estimate of drug-likeness (QED) is 0.419. The van der Waals surface area contributed by atoms with Gasteiger partial charge in [0, 0.05) is 23.8 Å². The highest BCUT2D eigenvalue weighted by molar-refractivity contribution is 8.06. The van der Waals surface area contributed by atoms with Crippen LogP contribution in [0.3, 0.4) is 0 Å². The van der Waals surface area contributed by atoms with Gasteiger partial charge in [-0.15, -0.1) is 0 Å². The summed E-state index contributed by atoms with van der Waals surface area (Å²) in [5.41, 5.74) is 4.27. The average Bonchev–Trinajstić information content (AvgIpc) is 3.61. The van der Waals surface area contributed by atoms with E-state index >= 15 is 0 Å². The third-order valence-corrected chi connectivity index (χ3v) is 7.12. The normalized spacial score (nSPS) is 16.9. The molecule has 0 aliphatic carbocycles. The first-order chi connectivity index (χ1) is 17.3. The summed E-state index contributed by atoms with van der Waals surface area (Å²) in [6, 6.07) is 24.5. The number of anilines is 2. The Morgan fingerprint density at radius 1 is 1.03 bits per heavy atom. The highest BCUT2D eigenvalue weighted by Crippen LogP contribution is 2.35. The van der Waals surface area contributed by atoms with Crippen LogP contribution < -0.4 is 10.2 Å². The number of likely N-dealkylation sites (tertiary alicyclic amines) is 1. The van der Waals surface area contributed by atoms with E-state index in [1.807, 2.05) is 47.9 Å². The number of allylic oxidation sites excluding steroid dienone is 1. The van der Waals surface area contributed by atoms with Crippen molar-refractivity contribution >= 4 is 34.7 Å². The van der Waals surface area contributed by atoms with E-state index in [1.165, 1.54) is 37.7 Å². The molecular weight excluding hydrogens is 452 g/mol. The zero-order chi connectivity index (χ0) is 23.9. The smallest absolute Gasteiger partial charge is 0.230 e. The van der Waals surface area contributed by atoms with E-state index in [0.717, 1.165) is 41.5 Å². The molecular formula is C28H28N6S. The summed E-state index contributed by atoms with van der Waals surface area (Å²) in [4.78, 5) is 14.1. The number of hydrogen-bond acceptors (Lipinski definition) is 7. The van der Waals surface area contributed by atoms with E-state index in [-0.39, 0.29) is 0 Å². The second-order valence-electron chi connectivity index (χ2n) is 8.59. The average molecular weight is 481 g/mol. The lowest BCUT2D eigenvalue weighted by molar-refractivity contribution is 0.335. The maximum atomic E-state index is 10.0. The van der Waals surface area contributed by atoms with Gasteiger partial charge in [0.2, 0.25) is 5.95 Å². The number of benzene rings is 2. The number of nitriles is 1. The molecule has 2 aromatic carbocycles. The van der Waals surface area contributed by atoms with Crippen molar-refractivity contribution < 1.29 is 0 Å². The molecule has 6 nitrogen and oxygen atoms in total. The van der Waals surface area contributed by atoms with Crippen molar-refractivity contribution in [2.24, 2.45) is 0 Å². The molecule has 7 heteroatoms. The molecule has 35 heavy (non-hydrogen) atoms. The van der Waals surface area contributed by atoms with Crippen LogP contribution in [0.4, 0.5) is 11.6 Å². The van der Waals surface area contributed by atoms with Gasteiger partial charge >= 0.3 is 0 Å². The largest absolute Gasteiger partial charge is 0.348 e. The summed E-state index contributed by atoms with van der Waals surface area (Å²) in [6.45, 7) is 4.28. The van der Waals surface area contributed by atoms with Gasteiger partial charge in [0.1, 0.15) is 11.6 Å². The van der Waals surface area contributed by atoms with Crippen molar-refractivity contribution in [2.75, 3.05) is 31.1 Å². The van der Waals surface area contributed by atoms with Gasteiger partial charge in [-0.05, 0) is 62.7 Å². The van der Waals surface area contributed by atoms with E-state index in [0.29, 0.717) is 17.2 Å². The molecule has 5 rings (SSSR count). The van der Waals surface area contributed by atoms with Gasteiger partial charge in [-0.3, -0.25) is 0 Å². The molecule has 0 saturated carbocycles. The molecule has 0 spiro atoms. The molecule has 3 aromatic rings. The second-order valence-corrected chi connectivity index (χ2v) is 9.47. The summed E-state index contributed by atoms with van der Waals surface area (Å²) in [6.07, 6.45) is 5.37. The van der Waals surface area contributed by atoms with Crippen LogP contribution in [0.25, 0.3) is 11.3 Å². The molecule has 2 aliphatic rings. The topological polar surface area (TPSA) is 68.1 Å².